The second-order valence-electron chi connectivity index (χ2n) is 5.11. The Morgan fingerprint density at radius 1 is 1.04 bits per heavy atom. The fourth-order valence-electron chi connectivity index (χ4n) is 2.19. The van der Waals surface area contributed by atoms with E-state index in [0.717, 1.165) is 6.07 Å². The third-order valence-corrected chi connectivity index (χ3v) is 3.42. The van der Waals surface area contributed by atoms with Crippen LogP contribution in [0.15, 0.2) is 65.5 Å². The Balaban J connectivity index is 1.67. The lowest BCUT2D eigenvalue weighted by atomic mass is 10.2. The average molecular weight is 328 g/mol. The molecule has 0 fully saturated rings. The maximum atomic E-state index is 13.6. The van der Waals surface area contributed by atoms with Crippen molar-refractivity contribution >= 4 is 17.3 Å². The number of rotatable bonds is 5. The second kappa shape index (κ2) is 6.95. The van der Waals surface area contributed by atoms with Gasteiger partial charge in [0.05, 0.1) is 11.8 Å². The molecular weight excluding hydrogens is 314 g/mol. The number of halogens is 2. The molecule has 24 heavy (non-hydrogen) atoms. The van der Waals surface area contributed by atoms with Gasteiger partial charge in [-0.25, -0.2) is 8.78 Å². The molecule has 4 nitrogen and oxygen atoms in total. The van der Waals surface area contributed by atoms with Crippen LogP contribution in [0.3, 0.4) is 0 Å². The van der Waals surface area contributed by atoms with Crippen molar-refractivity contribution < 1.29 is 18.0 Å². The van der Waals surface area contributed by atoms with Crippen LogP contribution in [0, 0.1) is 11.6 Å². The first-order chi connectivity index (χ1) is 11.6. The largest absolute Gasteiger partial charge is 0.472 e. The molecule has 0 radical (unpaired) electrons. The third-order valence-electron chi connectivity index (χ3n) is 3.42. The lowest BCUT2D eigenvalue weighted by Gasteiger charge is -2.10. The number of hydrogen-bond donors (Lipinski definition) is 2. The maximum Gasteiger partial charge on any atom is 0.258 e. The van der Waals surface area contributed by atoms with Crippen molar-refractivity contribution in [3.8, 4) is 0 Å². The van der Waals surface area contributed by atoms with E-state index in [-0.39, 0.29) is 18.0 Å². The fraction of sp³-hybridized carbons (Fsp3) is 0.0556. The van der Waals surface area contributed by atoms with E-state index in [1.165, 1.54) is 24.7 Å². The molecule has 0 saturated carbocycles. The van der Waals surface area contributed by atoms with E-state index in [1.54, 1.807) is 30.3 Å². The van der Waals surface area contributed by atoms with Crippen molar-refractivity contribution in [1.29, 1.82) is 0 Å². The standard InChI is InChI=1S/C18H14F2N2O2/c19-16-6-1-3-12(17(16)20)10-21-14-4-2-5-15(9-14)22-18(23)13-7-8-24-11-13/h1-9,11,21H,10H2,(H,22,23). The molecule has 0 saturated heterocycles. The summed E-state index contributed by atoms with van der Waals surface area (Å²) in [5.74, 6) is -2.04. The second-order valence-corrected chi connectivity index (χ2v) is 5.11. The van der Waals surface area contributed by atoms with Crippen molar-refractivity contribution in [2.75, 3.05) is 10.6 Å². The minimum atomic E-state index is -0.879. The van der Waals surface area contributed by atoms with Gasteiger partial charge in [-0.3, -0.25) is 4.79 Å². The third kappa shape index (κ3) is 3.60. The number of carbonyl (C=O) groups is 1. The first-order valence-electron chi connectivity index (χ1n) is 7.24. The summed E-state index contributed by atoms with van der Waals surface area (Å²) >= 11 is 0. The van der Waals surface area contributed by atoms with Gasteiger partial charge < -0.3 is 15.1 Å². The minimum Gasteiger partial charge on any atom is -0.472 e. The van der Waals surface area contributed by atoms with Gasteiger partial charge in [-0.2, -0.15) is 0 Å². The number of nitrogens with one attached hydrogen (secondary N) is 2. The number of furan rings is 1. The molecule has 6 heteroatoms. The molecule has 2 N–H and O–H groups in total. The van der Waals surface area contributed by atoms with Crippen LogP contribution < -0.4 is 10.6 Å². The Bertz CT molecular complexity index is 848. The molecular formula is C18H14F2N2O2. The first-order valence-corrected chi connectivity index (χ1v) is 7.24. The average Bonchev–Trinajstić information content (AvgIpc) is 3.11. The number of anilines is 2. The van der Waals surface area contributed by atoms with E-state index >= 15 is 0 Å². The van der Waals surface area contributed by atoms with Crippen molar-refractivity contribution in [2.24, 2.45) is 0 Å². The van der Waals surface area contributed by atoms with E-state index in [1.807, 2.05) is 0 Å². The van der Waals surface area contributed by atoms with Gasteiger partial charge in [0.25, 0.3) is 5.91 Å². The summed E-state index contributed by atoms with van der Waals surface area (Å²) in [4.78, 5) is 12.0. The zero-order valence-electron chi connectivity index (χ0n) is 12.6. The first kappa shape index (κ1) is 15.7. The zero-order valence-corrected chi connectivity index (χ0v) is 12.6. The summed E-state index contributed by atoms with van der Waals surface area (Å²) in [6.07, 6.45) is 2.77. The molecule has 0 bridgehead atoms. The SMILES string of the molecule is O=C(Nc1cccc(NCc2cccc(F)c2F)c1)c1ccoc1. The molecule has 0 aliphatic rings. The maximum absolute atomic E-state index is 13.6. The summed E-state index contributed by atoms with van der Waals surface area (Å²) in [7, 11) is 0. The fourth-order valence-corrected chi connectivity index (χ4v) is 2.19. The van der Waals surface area contributed by atoms with Crippen molar-refractivity contribution in [2.45, 2.75) is 6.54 Å². The molecule has 3 aromatic rings. The molecule has 0 aliphatic heterocycles. The van der Waals surface area contributed by atoms with Crippen LogP contribution in [-0.2, 0) is 6.54 Å². The molecule has 1 amide bonds. The van der Waals surface area contributed by atoms with Crippen molar-refractivity contribution in [3.63, 3.8) is 0 Å². The minimum absolute atomic E-state index is 0.128. The lowest BCUT2D eigenvalue weighted by Crippen LogP contribution is -2.11. The number of carbonyl (C=O) groups excluding carboxylic acids is 1. The van der Waals surface area contributed by atoms with Crippen LogP contribution in [-0.4, -0.2) is 5.91 Å². The van der Waals surface area contributed by atoms with E-state index in [0.29, 0.717) is 16.9 Å². The zero-order chi connectivity index (χ0) is 16.9. The Kier molecular flexibility index (Phi) is 4.56. The number of hydrogen-bond acceptors (Lipinski definition) is 3. The quantitative estimate of drug-likeness (QED) is 0.729. The highest BCUT2D eigenvalue weighted by Crippen LogP contribution is 2.18. The van der Waals surface area contributed by atoms with Gasteiger partial charge in [0.1, 0.15) is 6.26 Å². The molecule has 3 rings (SSSR count). The van der Waals surface area contributed by atoms with Crippen LogP contribution in [0.25, 0.3) is 0 Å². The number of amides is 1. The van der Waals surface area contributed by atoms with Crippen LogP contribution in [0.1, 0.15) is 15.9 Å². The molecule has 122 valence electrons. The Morgan fingerprint density at radius 2 is 1.83 bits per heavy atom. The normalized spacial score (nSPS) is 10.4. The van der Waals surface area contributed by atoms with Crippen LogP contribution in [0.4, 0.5) is 20.2 Å². The van der Waals surface area contributed by atoms with E-state index in [4.69, 9.17) is 4.42 Å². The van der Waals surface area contributed by atoms with Gasteiger partial charge in [0, 0.05) is 23.5 Å². The predicted molar refractivity (Wildman–Crippen MR) is 86.8 cm³/mol. The van der Waals surface area contributed by atoms with Crippen LogP contribution in [0.2, 0.25) is 0 Å². The van der Waals surface area contributed by atoms with Crippen molar-refractivity contribution in [3.05, 3.63) is 83.8 Å². The molecule has 0 atom stereocenters. The molecule has 1 heterocycles. The smallest absolute Gasteiger partial charge is 0.258 e. The summed E-state index contributed by atoms with van der Waals surface area (Å²) < 4.78 is 31.7. The van der Waals surface area contributed by atoms with Gasteiger partial charge in [0.2, 0.25) is 0 Å². The molecule has 2 aromatic carbocycles. The van der Waals surface area contributed by atoms with Gasteiger partial charge in [0.15, 0.2) is 11.6 Å². The highest BCUT2D eigenvalue weighted by molar-refractivity contribution is 6.04. The van der Waals surface area contributed by atoms with E-state index in [2.05, 4.69) is 10.6 Å². The Hall–Kier alpha value is -3.15. The summed E-state index contributed by atoms with van der Waals surface area (Å²) in [6, 6.07) is 12.5. The van der Waals surface area contributed by atoms with Crippen LogP contribution >= 0.6 is 0 Å². The summed E-state index contributed by atoms with van der Waals surface area (Å²) in [5, 5.41) is 5.73. The summed E-state index contributed by atoms with van der Waals surface area (Å²) in [6.45, 7) is 0.128. The topological polar surface area (TPSA) is 54.3 Å². The van der Waals surface area contributed by atoms with Crippen LogP contribution in [0.5, 0.6) is 0 Å². The highest BCUT2D eigenvalue weighted by Gasteiger charge is 2.09. The Morgan fingerprint density at radius 3 is 2.62 bits per heavy atom. The summed E-state index contributed by atoms with van der Waals surface area (Å²) in [5.41, 5.74) is 1.88. The molecule has 1 aromatic heterocycles. The van der Waals surface area contributed by atoms with Gasteiger partial charge in [-0.1, -0.05) is 18.2 Å². The van der Waals surface area contributed by atoms with E-state index in [9.17, 15) is 13.6 Å². The number of benzene rings is 2. The molecule has 0 unspecified atom stereocenters. The molecule has 0 spiro atoms. The van der Waals surface area contributed by atoms with Gasteiger partial charge in [-0.05, 0) is 30.3 Å². The molecule has 0 aliphatic carbocycles. The van der Waals surface area contributed by atoms with Gasteiger partial charge in [-0.15, -0.1) is 0 Å². The Labute approximate surface area is 137 Å². The van der Waals surface area contributed by atoms with Gasteiger partial charge >= 0.3 is 0 Å². The highest BCUT2D eigenvalue weighted by atomic mass is 19.2. The van der Waals surface area contributed by atoms with E-state index < -0.39 is 11.6 Å². The predicted octanol–water partition coefficient (Wildman–Crippen LogP) is 4.42. The monoisotopic (exact) mass is 328 g/mol. The lowest BCUT2D eigenvalue weighted by molar-refractivity contribution is 0.102. The van der Waals surface area contributed by atoms with Crippen molar-refractivity contribution in [1.82, 2.24) is 0 Å².